The third-order valence-electron chi connectivity index (χ3n) is 3.73. The van der Waals surface area contributed by atoms with E-state index in [1.165, 1.54) is 5.56 Å². The highest BCUT2D eigenvalue weighted by molar-refractivity contribution is 5.81. The molecule has 0 aliphatic carbocycles. The first-order chi connectivity index (χ1) is 10.2. The fraction of sp³-hybridized carbons (Fsp3) is 0.250. The van der Waals surface area contributed by atoms with Crippen molar-refractivity contribution >= 4 is 10.9 Å². The normalized spacial score (nSPS) is 12.7. The fourth-order valence-electron chi connectivity index (χ4n) is 2.63. The van der Waals surface area contributed by atoms with E-state index in [0.29, 0.717) is 6.42 Å². The molecule has 1 unspecified atom stereocenters. The van der Waals surface area contributed by atoms with Gasteiger partial charge in [0.15, 0.2) is 0 Å². The Bertz CT molecular complexity index is 762. The molecule has 3 rings (SSSR count). The summed E-state index contributed by atoms with van der Waals surface area (Å²) in [5.74, 6) is 5.73. The SMILES string of the molecule is Cc1ccnc(C(Cc2nn(C)c3ccccc23)NN)c1. The number of aryl methyl sites for hydroxylation is 2. The highest BCUT2D eigenvalue weighted by Gasteiger charge is 2.16. The van der Waals surface area contributed by atoms with Crippen molar-refractivity contribution in [3.63, 3.8) is 0 Å². The summed E-state index contributed by atoms with van der Waals surface area (Å²) in [6.07, 6.45) is 2.51. The Hall–Kier alpha value is -2.24. The lowest BCUT2D eigenvalue weighted by Crippen LogP contribution is -2.30. The lowest BCUT2D eigenvalue weighted by Gasteiger charge is -2.14. The van der Waals surface area contributed by atoms with Crippen LogP contribution in [-0.2, 0) is 13.5 Å². The van der Waals surface area contributed by atoms with E-state index in [-0.39, 0.29) is 6.04 Å². The number of hydrazine groups is 1. The second kappa shape index (κ2) is 5.63. The van der Waals surface area contributed by atoms with E-state index >= 15 is 0 Å². The Balaban J connectivity index is 1.96. The van der Waals surface area contributed by atoms with E-state index in [1.807, 2.05) is 36.1 Å². The molecule has 21 heavy (non-hydrogen) atoms. The van der Waals surface area contributed by atoms with Gasteiger partial charge in [0.1, 0.15) is 0 Å². The van der Waals surface area contributed by atoms with Crippen LogP contribution in [0.2, 0.25) is 0 Å². The van der Waals surface area contributed by atoms with Gasteiger partial charge in [0.25, 0.3) is 0 Å². The van der Waals surface area contributed by atoms with Crippen molar-refractivity contribution in [1.29, 1.82) is 0 Å². The van der Waals surface area contributed by atoms with E-state index in [1.54, 1.807) is 0 Å². The number of nitrogens with zero attached hydrogens (tertiary/aromatic N) is 3. The van der Waals surface area contributed by atoms with Gasteiger partial charge in [-0.2, -0.15) is 5.10 Å². The van der Waals surface area contributed by atoms with Crippen molar-refractivity contribution in [3.05, 3.63) is 59.5 Å². The van der Waals surface area contributed by atoms with Crippen LogP contribution in [0.15, 0.2) is 42.6 Å². The molecule has 0 fully saturated rings. The lowest BCUT2D eigenvalue weighted by molar-refractivity contribution is 0.530. The number of fused-ring (bicyclic) bond motifs is 1. The summed E-state index contributed by atoms with van der Waals surface area (Å²) < 4.78 is 1.90. The number of rotatable bonds is 4. The lowest BCUT2D eigenvalue weighted by atomic mass is 10.0. The van der Waals surface area contributed by atoms with Crippen LogP contribution in [0.5, 0.6) is 0 Å². The summed E-state index contributed by atoms with van der Waals surface area (Å²) in [5, 5.41) is 5.78. The maximum absolute atomic E-state index is 5.73. The summed E-state index contributed by atoms with van der Waals surface area (Å²) in [4.78, 5) is 4.42. The largest absolute Gasteiger partial charge is 0.271 e. The molecule has 0 aliphatic heterocycles. The van der Waals surface area contributed by atoms with Crippen LogP contribution in [-0.4, -0.2) is 14.8 Å². The molecular formula is C16H19N5. The molecule has 5 heteroatoms. The summed E-state index contributed by atoms with van der Waals surface area (Å²) in [5.41, 5.74) is 7.12. The van der Waals surface area contributed by atoms with Gasteiger partial charge in [-0.15, -0.1) is 0 Å². The van der Waals surface area contributed by atoms with Gasteiger partial charge in [-0.3, -0.25) is 20.9 Å². The quantitative estimate of drug-likeness (QED) is 0.567. The molecule has 0 spiro atoms. The van der Waals surface area contributed by atoms with Gasteiger partial charge >= 0.3 is 0 Å². The first-order valence-electron chi connectivity index (χ1n) is 6.98. The van der Waals surface area contributed by atoms with Crippen molar-refractivity contribution in [3.8, 4) is 0 Å². The summed E-state index contributed by atoms with van der Waals surface area (Å²) >= 11 is 0. The van der Waals surface area contributed by atoms with Gasteiger partial charge < -0.3 is 0 Å². The molecule has 0 radical (unpaired) electrons. The van der Waals surface area contributed by atoms with Gasteiger partial charge in [0.05, 0.1) is 22.9 Å². The van der Waals surface area contributed by atoms with E-state index < -0.39 is 0 Å². The summed E-state index contributed by atoms with van der Waals surface area (Å²) in [6, 6.07) is 12.2. The number of nitrogens with one attached hydrogen (secondary N) is 1. The zero-order valence-corrected chi connectivity index (χ0v) is 12.2. The standard InChI is InChI=1S/C16H19N5/c1-11-7-8-18-14(9-11)15(19-17)10-13-12-5-3-4-6-16(12)21(2)20-13/h3-9,15,19H,10,17H2,1-2H3. The van der Waals surface area contributed by atoms with Gasteiger partial charge in [0, 0.05) is 25.1 Å². The van der Waals surface area contributed by atoms with E-state index in [4.69, 9.17) is 5.84 Å². The topological polar surface area (TPSA) is 68.8 Å². The molecule has 2 heterocycles. The van der Waals surface area contributed by atoms with Gasteiger partial charge in [0.2, 0.25) is 0 Å². The molecular weight excluding hydrogens is 262 g/mol. The molecule has 1 aromatic carbocycles. The molecule has 3 N–H and O–H groups in total. The maximum atomic E-state index is 5.73. The average molecular weight is 281 g/mol. The molecule has 5 nitrogen and oxygen atoms in total. The Morgan fingerprint density at radius 2 is 2.10 bits per heavy atom. The fourth-order valence-corrected chi connectivity index (χ4v) is 2.63. The van der Waals surface area contributed by atoms with E-state index in [2.05, 4.69) is 40.6 Å². The Labute approximate surface area is 123 Å². The zero-order chi connectivity index (χ0) is 14.8. The predicted octanol–water partition coefficient (Wildman–Crippen LogP) is 2.02. The average Bonchev–Trinajstić information content (AvgIpc) is 2.82. The van der Waals surface area contributed by atoms with Crippen molar-refractivity contribution in [2.24, 2.45) is 12.9 Å². The van der Waals surface area contributed by atoms with E-state index in [9.17, 15) is 0 Å². The molecule has 0 aliphatic rings. The maximum Gasteiger partial charge on any atom is 0.0723 e. The number of hydrogen-bond acceptors (Lipinski definition) is 4. The molecule has 0 amide bonds. The molecule has 1 atom stereocenters. The molecule has 108 valence electrons. The van der Waals surface area contributed by atoms with Crippen LogP contribution < -0.4 is 11.3 Å². The number of benzene rings is 1. The van der Waals surface area contributed by atoms with Gasteiger partial charge in [-0.05, 0) is 30.7 Å². The molecule has 3 aromatic rings. The summed E-state index contributed by atoms with van der Waals surface area (Å²) in [7, 11) is 1.96. The highest BCUT2D eigenvalue weighted by Crippen LogP contribution is 2.23. The van der Waals surface area contributed by atoms with Crippen molar-refractivity contribution < 1.29 is 0 Å². The number of aromatic nitrogens is 3. The first kappa shape index (κ1) is 13.7. The van der Waals surface area contributed by atoms with E-state index in [0.717, 1.165) is 22.3 Å². The third kappa shape index (κ3) is 2.66. The molecule has 0 saturated heterocycles. The Morgan fingerprint density at radius 3 is 2.86 bits per heavy atom. The minimum atomic E-state index is -0.0526. The Morgan fingerprint density at radius 1 is 1.29 bits per heavy atom. The van der Waals surface area contributed by atoms with Crippen molar-refractivity contribution in [2.75, 3.05) is 0 Å². The minimum Gasteiger partial charge on any atom is -0.271 e. The van der Waals surface area contributed by atoms with Crippen LogP contribution in [0.3, 0.4) is 0 Å². The Kier molecular flexibility index (Phi) is 3.68. The highest BCUT2D eigenvalue weighted by atomic mass is 15.3. The third-order valence-corrected chi connectivity index (χ3v) is 3.73. The monoisotopic (exact) mass is 281 g/mol. The number of hydrogen-bond donors (Lipinski definition) is 2. The molecule has 2 aromatic heterocycles. The predicted molar refractivity (Wildman–Crippen MR) is 83.5 cm³/mol. The van der Waals surface area contributed by atoms with Crippen LogP contribution in [0, 0.1) is 6.92 Å². The van der Waals surface area contributed by atoms with Crippen LogP contribution in [0.4, 0.5) is 0 Å². The summed E-state index contributed by atoms with van der Waals surface area (Å²) in [6.45, 7) is 2.05. The minimum absolute atomic E-state index is 0.0526. The smallest absolute Gasteiger partial charge is 0.0723 e. The molecule has 0 saturated carbocycles. The van der Waals surface area contributed by atoms with Crippen LogP contribution in [0.1, 0.15) is 23.0 Å². The van der Waals surface area contributed by atoms with Gasteiger partial charge in [-0.1, -0.05) is 18.2 Å². The second-order valence-electron chi connectivity index (χ2n) is 5.27. The van der Waals surface area contributed by atoms with Crippen molar-refractivity contribution in [2.45, 2.75) is 19.4 Å². The van der Waals surface area contributed by atoms with Crippen LogP contribution in [0.25, 0.3) is 10.9 Å². The van der Waals surface area contributed by atoms with Gasteiger partial charge in [-0.25, -0.2) is 0 Å². The number of para-hydroxylation sites is 1. The number of pyridine rings is 1. The first-order valence-corrected chi connectivity index (χ1v) is 6.98. The zero-order valence-electron chi connectivity index (χ0n) is 12.2. The second-order valence-corrected chi connectivity index (χ2v) is 5.27. The molecule has 0 bridgehead atoms. The number of nitrogens with two attached hydrogens (primary N) is 1. The van der Waals surface area contributed by atoms with Crippen LogP contribution >= 0.6 is 0 Å². The van der Waals surface area contributed by atoms with Crippen molar-refractivity contribution in [1.82, 2.24) is 20.2 Å².